The third-order valence-corrected chi connectivity index (χ3v) is 6.04. The summed E-state index contributed by atoms with van der Waals surface area (Å²) < 4.78 is 38.0. The summed E-state index contributed by atoms with van der Waals surface area (Å²) in [5, 5.41) is 2.82. The Hall–Kier alpha value is -2.58. The number of rotatable bonds is 8. The molecule has 0 atom stereocenters. The molecule has 0 bridgehead atoms. The molecule has 3 rings (SSSR count). The molecule has 0 saturated heterocycles. The minimum Gasteiger partial charge on any atom is -0.454 e. The van der Waals surface area contributed by atoms with Crippen LogP contribution in [0.1, 0.15) is 29.5 Å². The van der Waals surface area contributed by atoms with Crippen molar-refractivity contribution >= 4 is 15.9 Å². The van der Waals surface area contributed by atoms with Crippen LogP contribution in [-0.2, 0) is 21.4 Å². The van der Waals surface area contributed by atoms with E-state index in [9.17, 15) is 13.2 Å². The van der Waals surface area contributed by atoms with E-state index in [1.54, 1.807) is 19.1 Å². The lowest BCUT2D eigenvalue weighted by Gasteiger charge is -2.10. The van der Waals surface area contributed by atoms with E-state index in [4.69, 9.17) is 9.47 Å². The van der Waals surface area contributed by atoms with Crippen LogP contribution >= 0.6 is 0 Å². The van der Waals surface area contributed by atoms with Gasteiger partial charge in [0.2, 0.25) is 22.7 Å². The molecule has 0 radical (unpaired) electrons. The lowest BCUT2D eigenvalue weighted by atomic mass is 10.2. The van der Waals surface area contributed by atoms with Gasteiger partial charge in [-0.15, -0.1) is 0 Å². The van der Waals surface area contributed by atoms with Crippen LogP contribution in [0.25, 0.3) is 0 Å². The van der Waals surface area contributed by atoms with Crippen molar-refractivity contribution in [3.8, 4) is 11.5 Å². The highest BCUT2D eigenvalue weighted by atomic mass is 32.2. The Bertz CT molecular complexity index is 973. The number of hydrogen-bond donors (Lipinski definition) is 2. The van der Waals surface area contributed by atoms with Crippen molar-refractivity contribution in [2.24, 2.45) is 0 Å². The molecule has 2 N–H and O–H groups in total. The maximum Gasteiger partial charge on any atom is 0.240 e. The average molecular weight is 404 g/mol. The predicted molar refractivity (Wildman–Crippen MR) is 105 cm³/mol. The zero-order valence-corrected chi connectivity index (χ0v) is 16.8. The SMILES string of the molecule is Cc1ccc(C)c(S(=O)(=O)NCCCC(=O)NCc2ccc3c(c2)OCO3)c1. The van der Waals surface area contributed by atoms with Gasteiger partial charge in [-0.2, -0.15) is 0 Å². The number of hydrogen-bond acceptors (Lipinski definition) is 5. The highest BCUT2D eigenvalue weighted by Gasteiger charge is 2.17. The molecular weight excluding hydrogens is 380 g/mol. The zero-order chi connectivity index (χ0) is 20.1. The average Bonchev–Trinajstić information content (AvgIpc) is 3.13. The Morgan fingerprint density at radius 1 is 1.07 bits per heavy atom. The van der Waals surface area contributed by atoms with Gasteiger partial charge in [-0.25, -0.2) is 13.1 Å². The molecule has 8 heteroatoms. The van der Waals surface area contributed by atoms with E-state index in [0.717, 1.165) is 11.1 Å². The van der Waals surface area contributed by atoms with E-state index >= 15 is 0 Å². The normalized spacial score (nSPS) is 12.8. The maximum atomic E-state index is 12.4. The summed E-state index contributed by atoms with van der Waals surface area (Å²) in [5.74, 6) is 1.24. The summed E-state index contributed by atoms with van der Waals surface area (Å²) in [7, 11) is -3.58. The first kappa shape index (κ1) is 20.2. The molecule has 1 aliphatic rings. The highest BCUT2D eigenvalue weighted by molar-refractivity contribution is 7.89. The van der Waals surface area contributed by atoms with Gasteiger partial charge in [0.15, 0.2) is 11.5 Å². The van der Waals surface area contributed by atoms with E-state index in [2.05, 4.69) is 10.0 Å². The number of carbonyl (C=O) groups is 1. The monoisotopic (exact) mass is 404 g/mol. The molecule has 0 aromatic heterocycles. The van der Waals surface area contributed by atoms with Crippen molar-refractivity contribution in [3.05, 3.63) is 53.1 Å². The highest BCUT2D eigenvalue weighted by Crippen LogP contribution is 2.32. The Morgan fingerprint density at radius 3 is 2.68 bits per heavy atom. The van der Waals surface area contributed by atoms with E-state index in [1.165, 1.54) is 0 Å². The minimum atomic E-state index is -3.58. The number of nitrogens with one attached hydrogen (secondary N) is 2. The number of carbonyl (C=O) groups excluding carboxylic acids is 1. The van der Waals surface area contributed by atoms with Crippen molar-refractivity contribution in [2.45, 2.75) is 38.1 Å². The van der Waals surface area contributed by atoms with Gasteiger partial charge in [0.1, 0.15) is 0 Å². The largest absolute Gasteiger partial charge is 0.454 e. The van der Waals surface area contributed by atoms with Crippen LogP contribution in [0, 0.1) is 13.8 Å². The van der Waals surface area contributed by atoms with Crippen molar-refractivity contribution < 1.29 is 22.7 Å². The van der Waals surface area contributed by atoms with Gasteiger partial charge in [0.05, 0.1) is 4.90 Å². The molecule has 7 nitrogen and oxygen atoms in total. The molecule has 0 aliphatic carbocycles. The van der Waals surface area contributed by atoms with Crippen LogP contribution in [0.2, 0.25) is 0 Å². The molecule has 0 spiro atoms. The van der Waals surface area contributed by atoms with Gasteiger partial charge in [0, 0.05) is 19.5 Å². The summed E-state index contributed by atoms with van der Waals surface area (Å²) in [5.41, 5.74) is 2.49. The summed E-state index contributed by atoms with van der Waals surface area (Å²) in [6.45, 7) is 4.40. The molecule has 1 amide bonds. The first-order valence-electron chi connectivity index (χ1n) is 9.07. The van der Waals surface area contributed by atoms with Crippen LogP contribution in [0.4, 0.5) is 0 Å². The van der Waals surface area contributed by atoms with Gasteiger partial charge in [-0.05, 0) is 55.2 Å². The molecule has 1 heterocycles. The standard InChI is InChI=1S/C20H24N2O5S/c1-14-5-6-15(2)19(10-14)28(24,25)22-9-3-4-20(23)21-12-16-7-8-17-18(11-16)27-13-26-17/h5-8,10-11,22H,3-4,9,12-13H2,1-2H3,(H,21,23). The van der Waals surface area contributed by atoms with Crippen molar-refractivity contribution in [3.63, 3.8) is 0 Å². The quantitative estimate of drug-likeness (QED) is 0.659. The molecule has 0 saturated carbocycles. The Morgan fingerprint density at radius 2 is 1.86 bits per heavy atom. The number of ether oxygens (including phenoxy) is 2. The van der Waals surface area contributed by atoms with Gasteiger partial charge in [0.25, 0.3) is 0 Å². The molecule has 150 valence electrons. The number of amides is 1. The summed E-state index contributed by atoms with van der Waals surface area (Å²) in [6, 6.07) is 10.8. The van der Waals surface area contributed by atoms with Gasteiger partial charge >= 0.3 is 0 Å². The van der Waals surface area contributed by atoms with E-state index in [-0.39, 0.29) is 30.6 Å². The molecule has 0 unspecified atom stereocenters. The van der Waals surface area contributed by atoms with E-state index in [1.807, 2.05) is 31.2 Å². The first-order chi connectivity index (χ1) is 13.3. The molecule has 2 aromatic carbocycles. The second-order valence-corrected chi connectivity index (χ2v) is 8.47. The number of benzene rings is 2. The van der Waals surface area contributed by atoms with Crippen molar-refractivity contribution in [1.29, 1.82) is 0 Å². The Labute approximate surface area is 165 Å². The van der Waals surface area contributed by atoms with Crippen LogP contribution in [0.15, 0.2) is 41.3 Å². The molecule has 28 heavy (non-hydrogen) atoms. The van der Waals surface area contributed by atoms with Crippen LogP contribution in [-0.4, -0.2) is 27.7 Å². The van der Waals surface area contributed by atoms with Crippen molar-refractivity contribution in [1.82, 2.24) is 10.0 Å². The fourth-order valence-corrected chi connectivity index (χ4v) is 4.27. The third-order valence-electron chi connectivity index (χ3n) is 4.43. The number of sulfonamides is 1. The third kappa shape index (κ3) is 5.02. The lowest BCUT2D eigenvalue weighted by Crippen LogP contribution is -2.28. The molecule has 0 fully saturated rings. The summed E-state index contributed by atoms with van der Waals surface area (Å²) >= 11 is 0. The maximum absolute atomic E-state index is 12.4. The molecule has 2 aromatic rings. The van der Waals surface area contributed by atoms with Crippen LogP contribution in [0.5, 0.6) is 11.5 Å². The zero-order valence-electron chi connectivity index (χ0n) is 15.9. The molecular formula is C20H24N2O5S. The lowest BCUT2D eigenvalue weighted by molar-refractivity contribution is -0.121. The fraction of sp³-hybridized carbons (Fsp3) is 0.350. The second kappa shape index (κ2) is 8.62. The smallest absolute Gasteiger partial charge is 0.240 e. The molecule has 1 aliphatic heterocycles. The summed E-state index contributed by atoms with van der Waals surface area (Å²) in [4.78, 5) is 12.3. The number of fused-ring (bicyclic) bond motifs is 1. The number of aryl methyl sites for hydroxylation is 2. The first-order valence-corrected chi connectivity index (χ1v) is 10.6. The Kier molecular flexibility index (Phi) is 6.21. The topological polar surface area (TPSA) is 93.7 Å². The fourth-order valence-electron chi connectivity index (χ4n) is 2.87. The van der Waals surface area contributed by atoms with Crippen LogP contribution in [0.3, 0.4) is 0 Å². The van der Waals surface area contributed by atoms with Gasteiger partial charge in [-0.3, -0.25) is 4.79 Å². The van der Waals surface area contributed by atoms with E-state index < -0.39 is 10.0 Å². The van der Waals surface area contributed by atoms with Crippen LogP contribution < -0.4 is 19.5 Å². The van der Waals surface area contributed by atoms with Gasteiger partial charge in [-0.1, -0.05) is 18.2 Å². The van der Waals surface area contributed by atoms with E-state index in [0.29, 0.717) is 30.0 Å². The predicted octanol–water partition coefficient (Wildman–Crippen LogP) is 2.41. The summed E-state index contributed by atoms with van der Waals surface area (Å²) in [6.07, 6.45) is 0.650. The second-order valence-electron chi connectivity index (χ2n) is 6.73. The Balaban J connectivity index is 1.42. The van der Waals surface area contributed by atoms with Gasteiger partial charge < -0.3 is 14.8 Å². The van der Waals surface area contributed by atoms with Crippen molar-refractivity contribution in [2.75, 3.05) is 13.3 Å². The minimum absolute atomic E-state index is 0.136.